The van der Waals surface area contributed by atoms with Crippen molar-refractivity contribution < 1.29 is 14.3 Å². The molecule has 7 heteroatoms. The van der Waals surface area contributed by atoms with Crippen molar-refractivity contribution in [2.45, 2.75) is 53.1 Å². The SMILES string of the molecule is CC(C)COc1ccc(C(C)(C)NC(=O)CNC(=O)[C@@H](N)C(C)C)cc1.Cl. The van der Waals surface area contributed by atoms with Crippen LogP contribution < -0.4 is 21.1 Å². The van der Waals surface area contributed by atoms with Crippen LogP contribution in [0.15, 0.2) is 24.3 Å². The summed E-state index contributed by atoms with van der Waals surface area (Å²) in [6, 6.07) is 7.05. The highest BCUT2D eigenvalue weighted by Gasteiger charge is 2.24. The first kappa shape index (κ1) is 25.2. The molecule has 0 aliphatic carbocycles. The van der Waals surface area contributed by atoms with Crippen LogP contribution in [-0.4, -0.2) is 31.0 Å². The maximum absolute atomic E-state index is 12.2. The van der Waals surface area contributed by atoms with Crippen molar-refractivity contribution in [2.75, 3.05) is 13.2 Å². The van der Waals surface area contributed by atoms with Crippen LogP contribution in [0.1, 0.15) is 47.1 Å². The van der Waals surface area contributed by atoms with Crippen molar-refractivity contribution in [3.63, 3.8) is 0 Å². The molecule has 154 valence electrons. The number of ether oxygens (including phenoxy) is 1. The van der Waals surface area contributed by atoms with Crippen LogP contribution in [-0.2, 0) is 15.1 Å². The second kappa shape index (κ2) is 11.1. The summed E-state index contributed by atoms with van der Waals surface area (Å²) >= 11 is 0. The van der Waals surface area contributed by atoms with Crippen LogP contribution in [0.4, 0.5) is 0 Å². The van der Waals surface area contributed by atoms with Crippen molar-refractivity contribution in [2.24, 2.45) is 17.6 Å². The van der Waals surface area contributed by atoms with Gasteiger partial charge in [0.2, 0.25) is 11.8 Å². The Morgan fingerprint density at radius 1 is 1.11 bits per heavy atom. The molecule has 0 unspecified atom stereocenters. The molecule has 0 aliphatic rings. The third-order valence-corrected chi connectivity index (χ3v) is 4.06. The van der Waals surface area contributed by atoms with E-state index in [9.17, 15) is 9.59 Å². The maximum Gasteiger partial charge on any atom is 0.240 e. The van der Waals surface area contributed by atoms with Crippen LogP contribution >= 0.6 is 12.4 Å². The molecule has 0 heterocycles. The number of carbonyl (C=O) groups excluding carboxylic acids is 2. The summed E-state index contributed by atoms with van der Waals surface area (Å²) in [5.41, 5.74) is 6.15. The van der Waals surface area contributed by atoms with E-state index in [1.807, 2.05) is 52.0 Å². The molecule has 0 aliphatic heterocycles. The smallest absolute Gasteiger partial charge is 0.240 e. The predicted octanol–water partition coefficient (Wildman–Crippen LogP) is 2.59. The zero-order chi connectivity index (χ0) is 19.9. The topological polar surface area (TPSA) is 93.5 Å². The van der Waals surface area contributed by atoms with Gasteiger partial charge in [-0.05, 0) is 43.4 Å². The minimum atomic E-state index is -0.616. The van der Waals surface area contributed by atoms with Gasteiger partial charge in [0.25, 0.3) is 0 Å². The number of hydrogen-bond donors (Lipinski definition) is 3. The van der Waals surface area contributed by atoms with E-state index in [1.54, 1.807) is 0 Å². The summed E-state index contributed by atoms with van der Waals surface area (Å²) < 4.78 is 5.68. The summed E-state index contributed by atoms with van der Waals surface area (Å²) in [7, 11) is 0. The molecule has 0 saturated heterocycles. The number of hydrogen-bond acceptors (Lipinski definition) is 4. The quantitative estimate of drug-likeness (QED) is 0.595. The zero-order valence-corrected chi connectivity index (χ0v) is 18.0. The van der Waals surface area contributed by atoms with Crippen molar-refractivity contribution in [1.82, 2.24) is 10.6 Å². The van der Waals surface area contributed by atoms with Gasteiger partial charge in [-0.25, -0.2) is 0 Å². The van der Waals surface area contributed by atoms with Gasteiger partial charge >= 0.3 is 0 Å². The highest BCUT2D eigenvalue weighted by molar-refractivity contribution is 5.87. The Balaban J connectivity index is 0.00000676. The number of halogens is 1. The summed E-state index contributed by atoms with van der Waals surface area (Å²) in [5.74, 6) is 0.703. The Morgan fingerprint density at radius 2 is 1.67 bits per heavy atom. The number of nitrogens with two attached hydrogens (primary N) is 1. The van der Waals surface area contributed by atoms with Gasteiger partial charge in [0.05, 0.1) is 24.7 Å². The normalized spacial score (nSPS) is 12.3. The van der Waals surface area contributed by atoms with Crippen LogP contribution in [0.5, 0.6) is 5.75 Å². The number of nitrogens with one attached hydrogen (secondary N) is 2. The fourth-order valence-electron chi connectivity index (χ4n) is 2.28. The third kappa shape index (κ3) is 8.63. The number of amides is 2. The summed E-state index contributed by atoms with van der Waals surface area (Å²) in [6.45, 7) is 12.3. The Bertz CT molecular complexity index is 601. The zero-order valence-electron chi connectivity index (χ0n) is 17.2. The van der Waals surface area contributed by atoms with E-state index in [2.05, 4.69) is 24.5 Å². The average Bonchev–Trinajstić information content (AvgIpc) is 2.57. The minimum absolute atomic E-state index is 0. The Morgan fingerprint density at radius 3 is 2.15 bits per heavy atom. The molecular formula is C20H34ClN3O3. The largest absolute Gasteiger partial charge is 0.493 e. The average molecular weight is 400 g/mol. The highest BCUT2D eigenvalue weighted by Crippen LogP contribution is 2.23. The molecule has 1 atom stereocenters. The molecule has 0 radical (unpaired) electrons. The van der Waals surface area contributed by atoms with E-state index in [-0.39, 0.29) is 36.7 Å². The lowest BCUT2D eigenvalue weighted by molar-refractivity contribution is -0.128. The Labute approximate surface area is 169 Å². The lowest BCUT2D eigenvalue weighted by Crippen LogP contribution is -2.50. The van der Waals surface area contributed by atoms with E-state index in [1.165, 1.54) is 0 Å². The summed E-state index contributed by atoms with van der Waals surface area (Å²) in [5, 5.41) is 5.51. The summed E-state index contributed by atoms with van der Waals surface area (Å²) in [6.07, 6.45) is 0. The lowest BCUT2D eigenvalue weighted by atomic mass is 9.94. The van der Waals surface area contributed by atoms with Gasteiger partial charge in [-0.3, -0.25) is 9.59 Å². The first-order valence-electron chi connectivity index (χ1n) is 9.10. The third-order valence-electron chi connectivity index (χ3n) is 4.06. The van der Waals surface area contributed by atoms with Crippen LogP contribution in [0.25, 0.3) is 0 Å². The van der Waals surface area contributed by atoms with Crippen molar-refractivity contribution in [3.05, 3.63) is 29.8 Å². The Hall–Kier alpha value is -1.79. The standard InChI is InChI=1S/C20H33N3O3.ClH/c1-13(2)12-26-16-9-7-15(8-10-16)20(5,6)23-17(24)11-22-19(25)18(21)14(3)4;/h7-10,13-14,18H,11-12,21H2,1-6H3,(H,22,25)(H,23,24);1H/t18-;/m0./s1. The number of rotatable bonds is 9. The van der Waals surface area contributed by atoms with E-state index >= 15 is 0 Å². The molecule has 0 bridgehead atoms. The van der Waals surface area contributed by atoms with Crippen LogP contribution in [0.3, 0.4) is 0 Å². The Kier molecular flexibility index (Phi) is 10.4. The van der Waals surface area contributed by atoms with E-state index in [0.717, 1.165) is 11.3 Å². The molecule has 1 rings (SSSR count). The molecule has 4 N–H and O–H groups in total. The monoisotopic (exact) mass is 399 g/mol. The van der Waals surface area contributed by atoms with E-state index in [0.29, 0.717) is 12.5 Å². The van der Waals surface area contributed by atoms with E-state index in [4.69, 9.17) is 10.5 Å². The van der Waals surface area contributed by atoms with Crippen molar-refractivity contribution in [1.29, 1.82) is 0 Å². The van der Waals surface area contributed by atoms with Gasteiger partial charge in [-0.2, -0.15) is 0 Å². The van der Waals surface area contributed by atoms with Crippen LogP contribution in [0.2, 0.25) is 0 Å². The molecule has 27 heavy (non-hydrogen) atoms. The lowest BCUT2D eigenvalue weighted by Gasteiger charge is -2.27. The van der Waals surface area contributed by atoms with Gasteiger partial charge in [-0.1, -0.05) is 39.8 Å². The maximum atomic E-state index is 12.2. The molecule has 1 aromatic carbocycles. The molecular weight excluding hydrogens is 366 g/mol. The molecule has 0 fully saturated rings. The molecule has 6 nitrogen and oxygen atoms in total. The molecule has 0 spiro atoms. The van der Waals surface area contributed by atoms with Crippen molar-refractivity contribution in [3.8, 4) is 5.75 Å². The van der Waals surface area contributed by atoms with Gasteiger partial charge in [-0.15, -0.1) is 12.4 Å². The van der Waals surface area contributed by atoms with Gasteiger partial charge in [0, 0.05) is 0 Å². The first-order valence-corrected chi connectivity index (χ1v) is 9.10. The first-order chi connectivity index (χ1) is 12.0. The highest BCUT2D eigenvalue weighted by atomic mass is 35.5. The number of benzene rings is 1. The van der Waals surface area contributed by atoms with Crippen LogP contribution in [0, 0.1) is 11.8 Å². The van der Waals surface area contributed by atoms with Gasteiger partial charge in [0.1, 0.15) is 5.75 Å². The van der Waals surface area contributed by atoms with Gasteiger partial charge in [0.15, 0.2) is 0 Å². The fraction of sp³-hybridized carbons (Fsp3) is 0.600. The molecule has 0 aromatic heterocycles. The second-order valence-electron chi connectivity index (χ2n) is 7.89. The molecule has 1 aromatic rings. The molecule has 0 saturated carbocycles. The van der Waals surface area contributed by atoms with E-state index < -0.39 is 11.6 Å². The van der Waals surface area contributed by atoms with Crippen molar-refractivity contribution >= 4 is 24.2 Å². The predicted molar refractivity (Wildman–Crippen MR) is 111 cm³/mol. The van der Waals surface area contributed by atoms with Gasteiger partial charge < -0.3 is 21.1 Å². The summed E-state index contributed by atoms with van der Waals surface area (Å²) in [4.78, 5) is 24.0. The minimum Gasteiger partial charge on any atom is -0.493 e. The number of carbonyl (C=O) groups is 2. The molecule has 2 amide bonds. The fourth-order valence-corrected chi connectivity index (χ4v) is 2.28. The second-order valence-corrected chi connectivity index (χ2v) is 7.89.